The molecule has 0 aliphatic heterocycles. The average molecular weight is 119 g/mol. The van der Waals surface area contributed by atoms with E-state index in [0.29, 0.717) is 11.3 Å². The molecule has 0 radical (unpaired) electrons. The lowest BCUT2D eigenvalue weighted by atomic mass is 10.3. The van der Waals surface area contributed by atoms with Crippen LogP contribution in [0.25, 0.3) is 0 Å². The van der Waals surface area contributed by atoms with Gasteiger partial charge in [-0.2, -0.15) is 12.6 Å². The standard InChI is InChI=1S/C5H13NS/c1-4(6-3)5(2)7/h4-7H,1-3H3/t4-,5?/m1/s1. The van der Waals surface area contributed by atoms with E-state index in [0.717, 1.165) is 0 Å². The van der Waals surface area contributed by atoms with Gasteiger partial charge in [0.1, 0.15) is 0 Å². The van der Waals surface area contributed by atoms with Crippen LogP contribution < -0.4 is 5.32 Å². The summed E-state index contributed by atoms with van der Waals surface area (Å²) < 4.78 is 0. The van der Waals surface area contributed by atoms with E-state index >= 15 is 0 Å². The topological polar surface area (TPSA) is 12.0 Å². The lowest BCUT2D eigenvalue weighted by Crippen LogP contribution is -2.28. The van der Waals surface area contributed by atoms with Gasteiger partial charge in [0.15, 0.2) is 0 Å². The third-order valence-corrected chi connectivity index (χ3v) is 1.63. The largest absolute Gasteiger partial charge is 0.316 e. The summed E-state index contributed by atoms with van der Waals surface area (Å²) in [5, 5.41) is 3.54. The summed E-state index contributed by atoms with van der Waals surface area (Å²) >= 11 is 4.21. The van der Waals surface area contributed by atoms with Crippen molar-refractivity contribution in [3.8, 4) is 0 Å². The van der Waals surface area contributed by atoms with E-state index in [-0.39, 0.29) is 0 Å². The number of hydrogen-bond acceptors (Lipinski definition) is 2. The van der Waals surface area contributed by atoms with Crippen molar-refractivity contribution in [3.63, 3.8) is 0 Å². The van der Waals surface area contributed by atoms with Crippen molar-refractivity contribution >= 4 is 12.6 Å². The molecular formula is C5H13NS. The van der Waals surface area contributed by atoms with E-state index in [4.69, 9.17) is 0 Å². The monoisotopic (exact) mass is 119 g/mol. The minimum absolute atomic E-state index is 0.449. The molecule has 1 nitrogen and oxygen atoms in total. The van der Waals surface area contributed by atoms with Gasteiger partial charge in [-0.25, -0.2) is 0 Å². The van der Waals surface area contributed by atoms with Crippen LogP contribution in [-0.2, 0) is 0 Å². The van der Waals surface area contributed by atoms with Crippen LogP contribution in [0.4, 0.5) is 0 Å². The molecule has 0 aliphatic carbocycles. The van der Waals surface area contributed by atoms with Gasteiger partial charge in [0.25, 0.3) is 0 Å². The van der Waals surface area contributed by atoms with Crippen molar-refractivity contribution in [1.82, 2.24) is 5.32 Å². The molecular weight excluding hydrogens is 106 g/mol. The molecule has 0 bridgehead atoms. The van der Waals surface area contributed by atoms with Crippen molar-refractivity contribution in [2.45, 2.75) is 25.1 Å². The maximum Gasteiger partial charge on any atom is 0.0150 e. The molecule has 0 aromatic carbocycles. The third kappa shape index (κ3) is 2.94. The number of rotatable bonds is 2. The Morgan fingerprint density at radius 3 is 1.86 bits per heavy atom. The van der Waals surface area contributed by atoms with Crippen LogP contribution in [0.2, 0.25) is 0 Å². The van der Waals surface area contributed by atoms with Gasteiger partial charge in [0.2, 0.25) is 0 Å². The Morgan fingerprint density at radius 1 is 1.43 bits per heavy atom. The predicted octanol–water partition coefficient (Wildman–Crippen LogP) is 0.913. The molecule has 2 heteroatoms. The van der Waals surface area contributed by atoms with E-state index in [2.05, 4.69) is 31.8 Å². The van der Waals surface area contributed by atoms with Crippen LogP contribution in [0.5, 0.6) is 0 Å². The fourth-order valence-corrected chi connectivity index (χ4v) is 0.390. The van der Waals surface area contributed by atoms with Gasteiger partial charge in [-0.05, 0) is 14.0 Å². The molecule has 0 heterocycles. The van der Waals surface area contributed by atoms with Gasteiger partial charge in [0.05, 0.1) is 0 Å². The summed E-state index contributed by atoms with van der Waals surface area (Å²) in [5.74, 6) is 0. The van der Waals surface area contributed by atoms with Gasteiger partial charge in [0, 0.05) is 11.3 Å². The van der Waals surface area contributed by atoms with Crippen LogP contribution in [0.1, 0.15) is 13.8 Å². The van der Waals surface area contributed by atoms with Gasteiger partial charge in [-0.15, -0.1) is 0 Å². The van der Waals surface area contributed by atoms with Crippen LogP contribution >= 0.6 is 12.6 Å². The highest BCUT2D eigenvalue weighted by molar-refractivity contribution is 7.81. The van der Waals surface area contributed by atoms with Crippen molar-refractivity contribution in [3.05, 3.63) is 0 Å². The molecule has 1 N–H and O–H groups in total. The first kappa shape index (κ1) is 7.31. The maximum absolute atomic E-state index is 4.21. The van der Waals surface area contributed by atoms with Crippen molar-refractivity contribution in [2.75, 3.05) is 7.05 Å². The molecule has 0 aromatic rings. The summed E-state index contributed by atoms with van der Waals surface area (Å²) in [6, 6.07) is 0.517. The molecule has 0 aliphatic rings. The smallest absolute Gasteiger partial charge is 0.0150 e. The number of hydrogen-bond donors (Lipinski definition) is 2. The van der Waals surface area contributed by atoms with E-state index in [9.17, 15) is 0 Å². The molecule has 7 heavy (non-hydrogen) atoms. The molecule has 0 amide bonds. The molecule has 1 unspecified atom stereocenters. The Kier molecular flexibility index (Phi) is 3.48. The normalized spacial score (nSPS) is 18.9. The van der Waals surface area contributed by atoms with Gasteiger partial charge in [-0.1, -0.05) is 6.92 Å². The first-order valence-corrected chi connectivity index (χ1v) is 3.05. The van der Waals surface area contributed by atoms with Crippen molar-refractivity contribution in [2.24, 2.45) is 0 Å². The van der Waals surface area contributed by atoms with Crippen LogP contribution in [0.15, 0.2) is 0 Å². The lowest BCUT2D eigenvalue weighted by molar-refractivity contribution is 0.608. The van der Waals surface area contributed by atoms with Gasteiger partial charge in [-0.3, -0.25) is 0 Å². The van der Waals surface area contributed by atoms with Gasteiger partial charge < -0.3 is 5.32 Å². The molecule has 0 saturated carbocycles. The minimum Gasteiger partial charge on any atom is -0.316 e. The zero-order chi connectivity index (χ0) is 5.86. The highest BCUT2D eigenvalue weighted by atomic mass is 32.1. The second-order valence-electron chi connectivity index (χ2n) is 1.82. The molecule has 44 valence electrons. The predicted molar refractivity (Wildman–Crippen MR) is 37.0 cm³/mol. The quantitative estimate of drug-likeness (QED) is 0.515. The van der Waals surface area contributed by atoms with Crippen LogP contribution in [-0.4, -0.2) is 18.3 Å². The van der Waals surface area contributed by atoms with E-state index in [1.54, 1.807) is 0 Å². The molecule has 2 atom stereocenters. The van der Waals surface area contributed by atoms with E-state index in [1.807, 2.05) is 7.05 Å². The highest BCUT2D eigenvalue weighted by Crippen LogP contribution is 1.97. The summed E-state index contributed by atoms with van der Waals surface area (Å²) in [7, 11) is 1.94. The van der Waals surface area contributed by atoms with Crippen LogP contribution in [0, 0.1) is 0 Å². The fraction of sp³-hybridized carbons (Fsp3) is 1.00. The zero-order valence-corrected chi connectivity index (χ0v) is 6.00. The second kappa shape index (κ2) is 3.33. The Bertz CT molecular complexity index is 45.3. The first-order valence-electron chi connectivity index (χ1n) is 2.53. The second-order valence-corrected chi connectivity index (χ2v) is 2.63. The Balaban J connectivity index is 3.14. The Labute approximate surface area is 50.9 Å². The average Bonchev–Trinajstić information content (AvgIpc) is 1.65. The highest BCUT2D eigenvalue weighted by Gasteiger charge is 2.01. The number of thiol groups is 1. The summed E-state index contributed by atoms with van der Waals surface area (Å²) in [6.07, 6.45) is 0. The molecule has 0 saturated heterocycles. The minimum atomic E-state index is 0.449. The summed E-state index contributed by atoms with van der Waals surface area (Å²) in [5.41, 5.74) is 0. The summed E-state index contributed by atoms with van der Waals surface area (Å²) in [4.78, 5) is 0. The fourth-order valence-electron chi connectivity index (χ4n) is 0.241. The first-order chi connectivity index (χ1) is 3.18. The maximum atomic E-state index is 4.21. The third-order valence-electron chi connectivity index (χ3n) is 1.18. The zero-order valence-electron chi connectivity index (χ0n) is 5.10. The number of nitrogens with one attached hydrogen (secondary N) is 1. The summed E-state index contributed by atoms with van der Waals surface area (Å²) in [6.45, 7) is 4.18. The Morgan fingerprint density at radius 2 is 1.86 bits per heavy atom. The van der Waals surface area contributed by atoms with E-state index in [1.165, 1.54) is 0 Å². The Hall–Kier alpha value is 0.310. The van der Waals surface area contributed by atoms with Crippen LogP contribution in [0.3, 0.4) is 0 Å². The molecule has 0 aromatic heterocycles. The van der Waals surface area contributed by atoms with E-state index < -0.39 is 0 Å². The SMILES string of the molecule is CN[C@H](C)C(C)S. The van der Waals surface area contributed by atoms with Crippen molar-refractivity contribution < 1.29 is 0 Å². The molecule has 0 fully saturated rings. The molecule has 0 rings (SSSR count). The lowest BCUT2D eigenvalue weighted by Gasteiger charge is -2.11. The van der Waals surface area contributed by atoms with Gasteiger partial charge >= 0.3 is 0 Å². The molecule has 0 spiro atoms. The van der Waals surface area contributed by atoms with Crippen molar-refractivity contribution in [1.29, 1.82) is 0 Å².